The molecule has 112 valence electrons. The summed E-state index contributed by atoms with van der Waals surface area (Å²) in [7, 11) is 0. The van der Waals surface area contributed by atoms with Crippen LogP contribution in [0.15, 0.2) is 18.2 Å². The lowest BCUT2D eigenvalue weighted by atomic mass is 10.0. The Morgan fingerprint density at radius 3 is 2.70 bits per heavy atom. The number of anilines is 1. The van der Waals surface area contributed by atoms with E-state index >= 15 is 0 Å². The van der Waals surface area contributed by atoms with Crippen LogP contribution in [0, 0.1) is 12.8 Å². The van der Waals surface area contributed by atoms with E-state index in [0.717, 1.165) is 18.9 Å². The molecule has 0 radical (unpaired) electrons. The minimum Gasteiger partial charge on any atom is -0.371 e. The first-order valence-corrected chi connectivity index (χ1v) is 7.99. The highest BCUT2D eigenvalue weighted by Crippen LogP contribution is 2.30. The van der Waals surface area contributed by atoms with Crippen LogP contribution in [0.1, 0.15) is 45.2 Å². The minimum atomic E-state index is 0.227. The normalized spacial score (nSPS) is 19.6. The monoisotopic (exact) mass is 274 g/mol. The molecule has 1 unspecified atom stereocenters. The van der Waals surface area contributed by atoms with Crippen molar-refractivity contribution in [3.05, 3.63) is 29.3 Å². The van der Waals surface area contributed by atoms with Crippen molar-refractivity contribution in [1.82, 2.24) is 5.32 Å². The highest BCUT2D eigenvalue weighted by molar-refractivity contribution is 5.60. The topological polar surface area (TPSA) is 15.3 Å². The van der Waals surface area contributed by atoms with Crippen molar-refractivity contribution in [2.24, 2.45) is 5.92 Å². The van der Waals surface area contributed by atoms with Gasteiger partial charge in [0.2, 0.25) is 0 Å². The largest absolute Gasteiger partial charge is 0.371 e. The Morgan fingerprint density at radius 1 is 1.30 bits per heavy atom. The molecule has 2 rings (SSSR count). The maximum Gasteiger partial charge on any atom is 0.0428 e. The summed E-state index contributed by atoms with van der Waals surface area (Å²) in [6.07, 6.45) is 2.43. The lowest BCUT2D eigenvalue weighted by Gasteiger charge is -2.26. The van der Waals surface area contributed by atoms with Crippen molar-refractivity contribution in [1.29, 1.82) is 0 Å². The number of nitrogens with zero attached hydrogens (tertiary/aromatic N) is 1. The first-order valence-electron chi connectivity index (χ1n) is 7.99. The number of hydrogen-bond donors (Lipinski definition) is 1. The third-order valence-electron chi connectivity index (χ3n) is 4.23. The van der Waals surface area contributed by atoms with E-state index in [2.05, 4.69) is 63.0 Å². The molecule has 0 aromatic heterocycles. The fraction of sp³-hybridized carbons (Fsp3) is 0.667. The van der Waals surface area contributed by atoms with Crippen LogP contribution in [-0.4, -0.2) is 25.2 Å². The molecule has 1 aliphatic rings. The average molecular weight is 274 g/mol. The van der Waals surface area contributed by atoms with Gasteiger partial charge in [0.05, 0.1) is 0 Å². The van der Waals surface area contributed by atoms with E-state index in [-0.39, 0.29) is 5.54 Å². The quantitative estimate of drug-likeness (QED) is 0.899. The summed E-state index contributed by atoms with van der Waals surface area (Å²) in [5, 5.41) is 3.65. The van der Waals surface area contributed by atoms with Gasteiger partial charge in [-0.25, -0.2) is 0 Å². The zero-order chi connectivity index (χ0) is 14.8. The SMILES string of the molecule is CCc1cccc(C)c1N1CCC(CNC(C)(C)C)C1. The first-order chi connectivity index (χ1) is 9.40. The second-order valence-electron chi connectivity index (χ2n) is 7.17. The van der Waals surface area contributed by atoms with Gasteiger partial charge in [0, 0.05) is 30.9 Å². The molecule has 1 saturated heterocycles. The van der Waals surface area contributed by atoms with Gasteiger partial charge >= 0.3 is 0 Å². The number of rotatable bonds is 4. The van der Waals surface area contributed by atoms with Crippen LogP contribution in [-0.2, 0) is 6.42 Å². The van der Waals surface area contributed by atoms with E-state index in [0.29, 0.717) is 0 Å². The van der Waals surface area contributed by atoms with E-state index in [1.165, 1.54) is 36.3 Å². The van der Waals surface area contributed by atoms with Crippen LogP contribution in [0.2, 0.25) is 0 Å². The van der Waals surface area contributed by atoms with Gasteiger partial charge in [-0.1, -0.05) is 25.1 Å². The summed E-state index contributed by atoms with van der Waals surface area (Å²) in [5.74, 6) is 0.776. The Labute approximate surface area is 124 Å². The van der Waals surface area contributed by atoms with Gasteiger partial charge in [0.1, 0.15) is 0 Å². The summed E-state index contributed by atoms with van der Waals surface area (Å²) >= 11 is 0. The Bertz CT molecular complexity index is 445. The summed E-state index contributed by atoms with van der Waals surface area (Å²) in [6.45, 7) is 14.8. The molecule has 1 N–H and O–H groups in total. The molecule has 0 bridgehead atoms. The fourth-order valence-corrected chi connectivity index (χ4v) is 3.11. The molecule has 1 aliphatic heterocycles. The van der Waals surface area contributed by atoms with Crippen molar-refractivity contribution < 1.29 is 0 Å². The van der Waals surface area contributed by atoms with E-state index in [1.54, 1.807) is 0 Å². The summed E-state index contributed by atoms with van der Waals surface area (Å²) in [5.41, 5.74) is 4.64. The molecule has 2 nitrogen and oxygen atoms in total. The van der Waals surface area contributed by atoms with Crippen LogP contribution in [0.4, 0.5) is 5.69 Å². The second kappa shape index (κ2) is 6.17. The molecule has 0 saturated carbocycles. The molecule has 0 amide bonds. The zero-order valence-corrected chi connectivity index (χ0v) is 13.8. The van der Waals surface area contributed by atoms with Crippen molar-refractivity contribution in [3.8, 4) is 0 Å². The first kappa shape index (κ1) is 15.4. The molecule has 1 atom stereocenters. The Hall–Kier alpha value is -1.02. The second-order valence-corrected chi connectivity index (χ2v) is 7.17. The zero-order valence-electron chi connectivity index (χ0n) is 13.8. The predicted molar refractivity (Wildman–Crippen MR) is 88.6 cm³/mol. The third-order valence-corrected chi connectivity index (χ3v) is 4.23. The van der Waals surface area contributed by atoms with Gasteiger partial charge in [-0.05, 0) is 57.6 Å². The molecule has 1 heterocycles. The van der Waals surface area contributed by atoms with Crippen molar-refractivity contribution in [3.63, 3.8) is 0 Å². The fourth-order valence-electron chi connectivity index (χ4n) is 3.11. The highest BCUT2D eigenvalue weighted by atomic mass is 15.2. The standard InChI is InChI=1S/C18H30N2/c1-6-16-9-7-8-14(2)17(16)20-11-10-15(13-20)12-19-18(3,4)5/h7-9,15,19H,6,10-13H2,1-5H3. The Balaban J connectivity index is 2.03. The summed E-state index contributed by atoms with van der Waals surface area (Å²) < 4.78 is 0. The van der Waals surface area contributed by atoms with Crippen molar-refractivity contribution >= 4 is 5.69 Å². The third kappa shape index (κ3) is 3.76. The van der Waals surface area contributed by atoms with Gasteiger partial charge in [-0.15, -0.1) is 0 Å². The molecule has 0 aliphatic carbocycles. The lowest BCUT2D eigenvalue weighted by molar-refractivity contribution is 0.383. The molecule has 0 spiro atoms. The lowest BCUT2D eigenvalue weighted by Crippen LogP contribution is -2.39. The van der Waals surface area contributed by atoms with Gasteiger partial charge in [0.25, 0.3) is 0 Å². The number of para-hydroxylation sites is 1. The molecule has 1 aromatic carbocycles. The van der Waals surface area contributed by atoms with E-state index < -0.39 is 0 Å². The van der Waals surface area contributed by atoms with Crippen molar-refractivity contribution in [2.45, 2.75) is 53.0 Å². The number of aryl methyl sites for hydroxylation is 2. The van der Waals surface area contributed by atoms with Gasteiger partial charge < -0.3 is 10.2 Å². The molecular weight excluding hydrogens is 244 g/mol. The maximum atomic E-state index is 3.65. The van der Waals surface area contributed by atoms with Gasteiger partial charge in [0.15, 0.2) is 0 Å². The van der Waals surface area contributed by atoms with Crippen LogP contribution < -0.4 is 10.2 Å². The van der Waals surface area contributed by atoms with E-state index in [9.17, 15) is 0 Å². The number of benzene rings is 1. The summed E-state index contributed by atoms with van der Waals surface area (Å²) in [4.78, 5) is 2.60. The van der Waals surface area contributed by atoms with Gasteiger partial charge in [-0.2, -0.15) is 0 Å². The smallest absolute Gasteiger partial charge is 0.0428 e. The van der Waals surface area contributed by atoms with Crippen LogP contribution in [0.5, 0.6) is 0 Å². The van der Waals surface area contributed by atoms with Crippen LogP contribution in [0.3, 0.4) is 0 Å². The number of nitrogens with one attached hydrogen (secondary N) is 1. The molecule has 1 aromatic rings. The highest BCUT2D eigenvalue weighted by Gasteiger charge is 2.25. The maximum absolute atomic E-state index is 3.65. The average Bonchev–Trinajstić information content (AvgIpc) is 2.83. The van der Waals surface area contributed by atoms with Crippen LogP contribution in [0.25, 0.3) is 0 Å². The van der Waals surface area contributed by atoms with Crippen LogP contribution >= 0.6 is 0 Å². The molecule has 20 heavy (non-hydrogen) atoms. The number of hydrogen-bond acceptors (Lipinski definition) is 2. The van der Waals surface area contributed by atoms with Crippen molar-refractivity contribution in [2.75, 3.05) is 24.5 Å². The predicted octanol–water partition coefficient (Wildman–Crippen LogP) is 3.77. The van der Waals surface area contributed by atoms with Gasteiger partial charge in [-0.3, -0.25) is 0 Å². The van der Waals surface area contributed by atoms with E-state index in [4.69, 9.17) is 0 Å². The Morgan fingerprint density at radius 2 is 2.05 bits per heavy atom. The molecular formula is C18H30N2. The van der Waals surface area contributed by atoms with E-state index in [1.807, 2.05) is 0 Å². The molecule has 2 heteroatoms. The summed E-state index contributed by atoms with van der Waals surface area (Å²) in [6, 6.07) is 6.71. The minimum absolute atomic E-state index is 0.227. The molecule has 1 fully saturated rings. The Kier molecular flexibility index (Phi) is 4.74.